The van der Waals surface area contributed by atoms with Gasteiger partial charge in [-0.2, -0.15) is 0 Å². The minimum atomic E-state index is -3.50. The number of methoxy groups -OCH3 is 1. The zero-order valence-electron chi connectivity index (χ0n) is 9.90. The highest BCUT2D eigenvalue weighted by Gasteiger charge is 2.14. The van der Waals surface area contributed by atoms with E-state index in [0.717, 1.165) is 0 Å². The fourth-order valence-corrected chi connectivity index (χ4v) is 2.72. The van der Waals surface area contributed by atoms with Crippen LogP contribution < -0.4 is 4.72 Å². The smallest absolute Gasteiger partial charge is 0.240 e. The fraction of sp³-hybridized carbons (Fsp3) is 0.455. The van der Waals surface area contributed by atoms with Crippen molar-refractivity contribution in [3.05, 3.63) is 29.3 Å². The van der Waals surface area contributed by atoms with E-state index >= 15 is 0 Å². The van der Waals surface area contributed by atoms with E-state index in [1.54, 1.807) is 7.11 Å². The van der Waals surface area contributed by atoms with Crippen LogP contribution in [0.1, 0.15) is 6.42 Å². The Balaban J connectivity index is 2.52. The van der Waals surface area contributed by atoms with Gasteiger partial charge < -0.3 is 4.74 Å². The molecule has 0 aromatic heterocycles. The number of rotatable bonds is 7. The third kappa shape index (κ3) is 5.12. The molecule has 1 atom stereocenters. The molecule has 1 rings (SSSR count). The van der Waals surface area contributed by atoms with Crippen molar-refractivity contribution in [2.24, 2.45) is 0 Å². The second-order valence-electron chi connectivity index (χ2n) is 3.69. The van der Waals surface area contributed by atoms with Gasteiger partial charge >= 0.3 is 0 Å². The lowest BCUT2D eigenvalue weighted by molar-refractivity contribution is 0.196. The zero-order valence-corrected chi connectivity index (χ0v) is 12.2. The summed E-state index contributed by atoms with van der Waals surface area (Å²) in [5.41, 5.74) is 0. The van der Waals surface area contributed by atoms with E-state index < -0.39 is 10.0 Å². The SMILES string of the molecule is COCC(Cl)CCNS(=O)(=O)c1ccc(Cl)cc1. The van der Waals surface area contributed by atoms with Gasteiger partial charge in [0.2, 0.25) is 10.0 Å². The molecule has 102 valence electrons. The molecule has 0 aliphatic rings. The molecule has 0 heterocycles. The molecule has 0 radical (unpaired) electrons. The van der Waals surface area contributed by atoms with Crippen molar-refractivity contribution in [1.82, 2.24) is 4.72 Å². The highest BCUT2D eigenvalue weighted by atomic mass is 35.5. The topological polar surface area (TPSA) is 55.4 Å². The minimum Gasteiger partial charge on any atom is -0.383 e. The Morgan fingerprint density at radius 2 is 1.94 bits per heavy atom. The van der Waals surface area contributed by atoms with Crippen LogP contribution in [0.2, 0.25) is 5.02 Å². The lowest BCUT2D eigenvalue weighted by Gasteiger charge is -2.09. The maximum absolute atomic E-state index is 11.9. The van der Waals surface area contributed by atoms with Gasteiger partial charge in [0, 0.05) is 18.7 Å². The predicted octanol–water partition coefficient (Wildman–Crippen LogP) is 2.26. The molecule has 0 aliphatic carbocycles. The van der Waals surface area contributed by atoms with E-state index in [0.29, 0.717) is 18.1 Å². The Kier molecular flexibility index (Phi) is 6.38. The molecule has 7 heteroatoms. The summed E-state index contributed by atoms with van der Waals surface area (Å²) in [6, 6.07) is 5.98. The van der Waals surface area contributed by atoms with Crippen molar-refractivity contribution >= 4 is 33.2 Å². The molecule has 1 unspecified atom stereocenters. The molecule has 1 aromatic rings. The summed E-state index contributed by atoms with van der Waals surface area (Å²) in [5, 5.41) is 0.290. The predicted molar refractivity (Wildman–Crippen MR) is 72.8 cm³/mol. The summed E-state index contributed by atoms with van der Waals surface area (Å²) in [5.74, 6) is 0. The van der Waals surface area contributed by atoms with Gasteiger partial charge in [-0.05, 0) is 30.7 Å². The molecule has 0 fully saturated rings. The van der Waals surface area contributed by atoms with Crippen LogP contribution in [-0.4, -0.2) is 34.1 Å². The average molecular weight is 312 g/mol. The van der Waals surface area contributed by atoms with Crippen LogP contribution in [0, 0.1) is 0 Å². The van der Waals surface area contributed by atoms with Gasteiger partial charge in [-0.1, -0.05) is 11.6 Å². The second-order valence-corrected chi connectivity index (χ2v) is 6.51. The number of benzene rings is 1. The van der Waals surface area contributed by atoms with E-state index in [1.807, 2.05) is 0 Å². The maximum Gasteiger partial charge on any atom is 0.240 e. The Morgan fingerprint density at radius 1 is 1.33 bits per heavy atom. The molecule has 0 amide bonds. The van der Waals surface area contributed by atoms with Crippen LogP contribution in [0.3, 0.4) is 0 Å². The summed E-state index contributed by atoms with van der Waals surface area (Å²) in [7, 11) is -1.95. The van der Waals surface area contributed by atoms with E-state index in [4.69, 9.17) is 27.9 Å². The van der Waals surface area contributed by atoms with Crippen molar-refractivity contribution in [1.29, 1.82) is 0 Å². The van der Waals surface area contributed by atoms with Crippen LogP contribution in [0.15, 0.2) is 29.2 Å². The molecule has 4 nitrogen and oxygen atoms in total. The average Bonchev–Trinajstić information content (AvgIpc) is 2.29. The first-order valence-corrected chi connectivity index (χ1v) is 7.63. The molecule has 1 N–H and O–H groups in total. The van der Waals surface area contributed by atoms with Crippen LogP contribution in [0.25, 0.3) is 0 Å². The van der Waals surface area contributed by atoms with E-state index in [-0.39, 0.29) is 16.8 Å². The minimum absolute atomic E-state index is 0.185. The lowest BCUT2D eigenvalue weighted by atomic mass is 10.3. The van der Waals surface area contributed by atoms with Gasteiger partial charge in [-0.3, -0.25) is 0 Å². The van der Waals surface area contributed by atoms with E-state index in [2.05, 4.69) is 4.72 Å². The molecule has 1 aromatic carbocycles. The van der Waals surface area contributed by atoms with Gasteiger partial charge in [0.1, 0.15) is 0 Å². The van der Waals surface area contributed by atoms with Gasteiger partial charge in [-0.15, -0.1) is 11.6 Å². The van der Waals surface area contributed by atoms with Crippen LogP contribution >= 0.6 is 23.2 Å². The summed E-state index contributed by atoms with van der Waals surface area (Å²) in [4.78, 5) is 0.185. The molecular weight excluding hydrogens is 297 g/mol. The monoisotopic (exact) mass is 311 g/mol. The maximum atomic E-state index is 11.9. The largest absolute Gasteiger partial charge is 0.383 e. The first-order chi connectivity index (χ1) is 8.45. The van der Waals surface area contributed by atoms with Crippen molar-refractivity contribution in [3.63, 3.8) is 0 Å². The highest BCUT2D eigenvalue weighted by molar-refractivity contribution is 7.89. The number of halogens is 2. The third-order valence-electron chi connectivity index (χ3n) is 2.22. The number of alkyl halides is 1. The first kappa shape index (κ1) is 15.7. The Hall–Kier alpha value is -0.330. The zero-order chi connectivity index (χ0) is 13.6. The number of hydrogen-bond acceptors (Lipinski definition) is 3. The molecule has 0 saturated heterocycles. The summed E-state index contributed by atoms with van der Waals surface area (Å²) in [6.45, 7) is 0.659. The van der Waals surface area contributed by atoms with Gasteiger partial charge in [0.25, 0.3) is 0 Å². The van der Waals surface area contributed by atoms with Gasteiger partial charge in [-0.25, -0.2) is 13.1 Å². The Morgan fingerprint density at radius 3 is 2.50 bits per heavy atom. The fourth-order valence-electron chi connectivity index (χ4n) is 1.31. The number of hydrogen-bond donors (Lipinski definition) is 1. The molecule has 18 heavy (non-hydrogen) atoms. The van der Waals surface area contributed by atoms with Crippen molar-refractivity contribution in [2.75, 3.05) is 20.3 Å². The number of sulfonamides is 1. The lowest BCUT2D eigenvalue weighted by Crippen LogP contribution is -2.27. The Labute approximate surface area is 117 Å². The van der Waals surface area contributed by atoms with E-state index in [1.165, 1.54) is 24.3 Å². The van der Waals surface area contributed by atoms with Gasteiger partial charge in [0.15, 0.2) is 0 Å². The van der Waals surface area contributed by atoms with Crippen molar-refractivity contribution in [3.8, 4) is 0 Å². The van der Waals surface area contributed by atoms with Crippen molar-refractivity contribution < 1.29 is 13.2 Å². The summed E-state index contributed by atoms with van der Waals surface area (Å²) >= 11 is 11.6. The van der Waals surface area contributed by atoms with Crippen molar-refractivity contribution in [2.45, 2.75) is 16.7 Å². The van der Waals surface area contributed by atoms with Gasteiger partial charge in [0.05, 0.1) is 16.9 Å². The summed E-state index contributed by atoms with van der Waals surface area (Å²) in [6.07, 6.45) is 0.502. The molecule has 0 aliphatic heterocycles. The standard InChI is InChI=1S/C11H15Cl2NO3S/c1-17-8-10(13)6-7-14-18(15,16)11-4-2-9(12)3-5-11/h2-5,10,14H,6-8H2,1H3. The Bertz CT molecular complexity index is 462. The number of nitrogens with one attached hydrogen (secondary N) is 1. The third-order valence-corrected chi connectivity index (χ3v) is 4.29. The highest BCUT2D eigenvalue weighted by Crippen LogP contribution is 2.14. The molecular formula is C11H15Cl2NO3S. The normalized spacial score (nSPS) is 13.5. The quantitative estimate of drug-likeness (QED) is 0.786. The molecule has 0 bridgehead atoms. The van der Waals surface area contributed by atoms with Crippen LogP contribution in [0.4, 0.5) is 0 Å². The summed E-state index contributed by atoms with van der Waals surface area (Å²) < 4.78 is 31.0. The van der Waals surface area contributed by atoms with Crippen LogP contribution in [0.5, 0.6) is 0 Å². The molecule has 0 spiro atoms. The van der Waals surface area contributed by atoms with Crippen LogP contribution in [-0.2, 0) is 14.8 Å². The number of ether oxygens (including phenoxy) is 1. The second kappa shape index (κ2) is 7.31. The first-order valence-electron chi connectivity index (χ1n) is 5.34. The van der Waals surface area contributed by atoms with E-state index in [9.17, 15) is 8.42 Å². The molecule has 0 saturated carbocycles.